The van der Waals surface area contributed by atoms with Gasteiger partial charge in [0.15, 0.2) is 0 Å². The summed E-state index contributed by atoms with van der Waals surface area (Å²) in [4.78, 5) is 10.7. The minimum atomic E-state index is -0.339. The lowest BCUT2D eigenvalue weighted by Crippen LogP contribution is -2.35. The minimum absolute atomic E-state index is 0.0833. The first-order valence-electron chi connectivity index (χ1n) is 3.75. The first-order valence-corrected chi connectivity index (χ1v) is 3.75. The predicted molar refractivity (Wildman–Crippen MR) is 42.2 cm³/mol. The lowest BCUT2D eigenvalue weighted by molar-refractivity contribution is 0.149. The van der Waals surface area contributed by atoms with E-state index in [1.165, 1.54) is 0 Å². The number of carbonyl (C=O) groups is 1. The predicted octanol–water partition coefficient (Wildman–Crippen LogP) is 1.31. The number of amides is 1. The molecule has 0 aromatic heterocycles. The van der Waals surface area contributed by atoms with Gasteiger partial charge < -0.3 is 10.1 Å². The zero-order valence-corrected chi connectivity index (χ0v) is 6.83. The Morgan fingerprint density at radius 2 is 2.36 bits per heavy atom. The molecule has 3 heteroatoms. The van der Waals surface area contributed by atoms with Crippen molar-refractivity contribution in [3.63, 3.8) is 0 Å². The van der Waals surface area contributed by atoms with Gasteiger partial charge >= 0.3 is 6.09 Å². The van der Waals surface area contributed by atoms with E-state index in [9.17, 15) is 4.79 Å². The van der Waals surface area contributed by atoms with Gasteiger partial charge in [-0.05, 0) is 12.0 Å². The number of rotatable bonds is 2. The fourth-order valence-corrected chi connectivity index (χ4v) is 1.19. The van der Waals surface area contributed by atoms with E-state index in [2.05, 4.69) is 11.9 Å². The van der Waals surface area contributed by atoms with Gasteiger partial charge in [0, 0.05) is 0 Å². The molecule has 62 valence electrons. The molecule has 0 spiro atoms. The van der Waals surface area contributed by atoms with Crippen molar-refractivity contribution in [2.24, 2.45) is 5.92 Å². The highest BCUT2D eigenvalue weighted by atomic mass is 16.6. The van der Waals surface area contributed by atoms with Crippen LogP contribution in [0.1, 0.15) is 13.8 Å². The summed E-state index contributed by atoms with van der Waals surface area (Å²) >= 11 is 0. The quantitative estimate of drug-likeness (QED) is 0.610. The van der Waals surface area contributed by atoms with E-state index in [1.807, 2.05) is 13.8 Å². The summed E-state index contributed by atoms with van der Waals surface area (Å²) in [6.45, 7) is 7.67. The summed E-state index contributed by atoms with van der Waals surface area (Å²) in [6.07, 6.45) is 1.15. The number of ether oxygens (including phenoxy) is 1. The van der Waals surface area contributed by atoms with Crippen LogP contribution in [0.25, 0.3) is 0 Å². The third-order valence-corrected chi connectivity index (χ3v) is 1.83. The molecule has 1 fully saturated rings. The van der Waals surface area contributed by atoms with Crippen molar-refractivity contribution in [3.05, 3.63) is 12.7 Å². The average Bonchev–Trinajstić information content (AvgIpc) is 2.30. The molecular weight excluding hydrogens is 142 g/mol. The number of hydrogen-bond donors (Lipinski definition) is 1. The third kappa shape index (κ3) is 1.53. The minimum Gasteiger partial charge on any atom is -0.440 e. The van der Waals surface area contributed by atoms with Crippen LogP contribution in [0, 0.1) is 5.92 Å². The zero-order chi connectivity index (χ0) is 8.43. The molecule has 0 saturated carbocycles. The molecule has 1 rings (SSSR count). The van der Waals surface area contributed by atoms with E-state index < -0.39 is 0 Å². The standard InChI is InChI=1S/C8H13NO2/c1-4-6-7(5(2)3)9-8(10)11-6/h4-7H,1H2,2-3H3,(H,9,10)/t6-,7+/m0/s1. The summed E-state index contributed by atoms with van der Waals surface area (Å²) in [6, 6.07) is 0.0833. The molecule has 0 aromatic carbocycles. The van der Waals surface area contributed by atoms with Gasteiger partial charge in [0.2, 0.25) is 0 Å². The van der Waals surface area contributed by atoms with E-state index in [0.717, 1.165) is 0 Å². The van der Waals surface area contributed by atoms with Gasteiger partial charge in [-0.1, -0.05) is 20.4 Å². The monoisotopic (exact) mass is 155 g/mol. The molecule has 0 unspecified atom stereocenters. The van der Waals surface area contributed by atoms with Gasteiger partial charge in [-0.25, -0.2) is 4.79 Å². The molecule has 1 aliphatic heterocycles. The highest BCUT2D eigenvalue weighted by Crippen LogP contribution is 2.16. The van der Waals surface area contributed by atoms with Crippen LogP contribution in [0.3, 0.4) is 0 Å². The van der Waals surface area contributed by atoms with Crippen LogP contribution in [0.5, 0.6) is 0 Å². The second-order valence-electron chi connectivity index (χ2n) is 3.02. The maximum absolute atomic E-state index is 10.7. The van der Waals surface area contributed by atoms with Gasteiger partial charge in [0.1, 0.15) is 6.10 Å². The average molecular weight is 155 g/mol. The van der Waals surface area contributed by atoms with Crippen molar-refractivity contribution >= 4 is 6.09 Å². The second-order valence-corrected chi connectivity index (χ2v) is 3.02. The van der Waals surface area contributed by atoms with Crippen molar-refractivity contribution in [2.45, 2.75) is 26.0 Å². The van der Waals surface area contributed by atoms with Gasteiger partial charge in [0.25, 0.3) is 0 Å². The molecule has 1 saturated heterocycles. The van der Waals surface area contributed by atoms with Crippen molar-refractivity contribution in [3.8, 4) is 0 Å². The van der Waals surface area contributed by atoms with Crippen molar-refractivity contribution in [1.82, 2.24) is 5.32 Å². The Bertz CT molecular complexity index is 177. The topological polar surface area (TPSA) is 38.3 Å². The number of carbonyl (C=O) groups excluding carboxylic acids is 1. The summed E-state index contributed by atoms with van der Waals surface area (Å²) in [5.41, 5.74) is 0. The lowest BCUT2D eigenvalue weighted by atomic mass is 10.00. The maximum atomic E-state index is 10.7. The third-order valence-electron chi connectivity index (χ3n) is 1.83. The van der Waals surface area contributed by atoms with E-state index in [0.29, 0.717) is 5.92 Å². The Balaban J connectivity index is 2.64. The van der Waals surface area contributed by atoms with Crippen LogP contribution in [-0.4, -0.2) is 18.2 Å². The van der Waals surface area contributed by atoms with Crippen LogP contribution in [-0.2, 0) is 4.74 Å². The fourth-order valence-electron chi connectivity index (χ4n) is 1.19. The summed E-state index contributed by atoms with van der Waals surface area (Å²) < 4.78 is 4.92. The smallest absolute Gasteiger partial charge is 0.408 e. The second kappa shape index (κ2) is 2.95. The number of hydrogen-bond acceptors (Lipinski definition) is 2. The number of cyclic esters (lactones) is 1. The molecule has 2 atom stereocenters. The molecule has 1 heterocycles. The van der Waals surface area contributed by atoms with Crippen LogP contribution in [0.2, 0.25) is 0 Å². The Hall–Kier alpha value is -0.990. The molecule has 0 aliphatic carbocycles. The van der Waals surface area contributed by atoms with Crippen LogP contribution >= 0.6 is 0 Å². The maximum Gasteiger partial charge on any atom is 0.408 e. The van der Waals surface area contributed by atoms with Crippen LogP contribution in [0.15, 0.2) is 12.7 Å². The molecule has 1 amide bonds. The zero-order valence-electron chi connectivity index (χ0n) is 6.83. The van der Waals surface area contributed by atoms with Gasteiger partial charge in [-0.3, -0.25) is 0 Å². The Labute approximate surface area is 66.4 Å². The SMILES string of the molecule is C=C[C@@H]1OC(=O)N[C@@H]1C(C)C. The molecular formula is C8H13NO2. The fraction of sp³-hybridized carbons (Fsp3) is 0.625. The molecule has 0 aromatic rings. The summed E-state index contributed by atoms with van der Waals surface area (Å²) in [5.74, 6) is 0.379. The van der Waals surface area contributed by atoms with E-state index in [-0.39, 0.29) is 18.2 Å². The summed E-state index contributed by atoms with van der Waals surface area (Å²) in [7, 11) is 0. The highest BCUT2D eigenvalue weighted by molar-refractivity contribution is 5.70. The van der Waals surface area contributed by atoms with Gasteiger partial charge in [0.05, 0.1) is 6.04 Å². The van der Waals surface area contributed by atoms with Crippen LogP contribution < -0.4 is 5.32 Å². The first kappa shape index (κ1) is 8.11. The molecule has 0 radical (unpaired) electrons. The highest BCUT2D eigenvalue weighted by Gasteiger charge is 2.33. The molecule has 1 N–H and O–H groups in total. The lowest BCUT2D eigenvalue weighted by Gasteiger charge is -2.16. The molecule has 11 heavy (non-hydrogen) atoms. The largest absolute Gasteiger partial charge is 0.440 e. The van der Waals surface area contributed by atoms with E-state index >= 15 is 0 Å². The number of alkyl carbamates (subject to hydrolysis) is 1. The number of nitrogens with one attached hydrogen (secondary N) is 1. The normalized spacial score (nSPS) is 29.9. The molecule has 1 aliphatic rings. The van der Waals surface area contributed by atoms with Crippen molar-refractivity contribution in [1.29, 1.82) is 0 Å². The Kier molecular flexibility index (Phi) is 2.17. The molecule has 0 bridgehead atoms. The first-order chi connectivity index (χ1) is 5.15. The Morgan fingerprint density at radius 1 is 1.73 bits per heavy atom. The van der Waals surface area contributed by atoms with Crippen molar-refractivity contribution < 1.29 is 9.53 Å². The summed E-state index contributed by atoms with van der Waals surface area (Å²) in [5, 5.41) is 2.72. The van der Waals surface area contributed by atoms with E-state index in [1.54, 1.807) is 6.08 Å². The van der Waals surface area contributed by atoms with Gasteiger partial charge in [-0.15, -0.1) is 0 Å². The molecule has 3 nitrogen and oxygen atoms in total. The van der Waals surface area contributed by atoms with Gasteiger partial charge in [-0.2, -0.15) is 0 Å². The van der Waals surface area contributed by atoms with E-state index in [4.69, 9.17) is 4.74 Å². The van der Waals surface area contributed by atoms with Crippen LogP contribution in [0.4, 0.5) is 4.79 Å². The Morgan fingerprint density at radius 3 is 2.73 bits per heavy atom. The van der Waals surface area contributed by atoms with Crippen molar-refractivity contribution in [2.75, 3.05) is 0 Å².